The van der Waals surface area contributed by atoms with Crippen LogP contribution in [0.5, 0.6) is 0 Å². The van der Waals surface area contributed by atoms with E-state index in [9.17, 15) is 0 Å². The van der Waals surface area contributed by atoms with Crippen LogP contribution in [0.1, 0.15) is 5.56 Å². The predicted molar refractivity (Wildman–Crippen MR) is 194 cm³/mol. The van der Waals surface area contributed by atoms with Gasteiger partial charge in [0.25, 0.3) is 0 Å². The van der Waals surface area contributed by atoms with Crippen LogP contribution in [0.3, 0.4) is 0 Å². The lowest BCUT2D eigenvalue weighted by atomic mass is 9.84. The van der Waals surface area contributed by atoms with Gasteiger partial charge in [-0.3, -0.25) is 9.98 Å². The zero-order chi connectivity index (χ0) is 30.6. The van der Waals surface area contributed by atoms with Crippen LogP contribution in [-0.2, 0) is 0 Å². The summed E-state index contributed by atoms with van der Waals surface area (Å²) in [5.74, 6) is 0. The second-order valence-corrected chi connectivity index (χ2v) is 11.1. The first-order chi connectivity index (χ1) is 22.2. The molecular weight excluding hydrogens is 544 g/mol. The lowest BCUT2D eigenvalue weighted by Crippen LogP contribution is -1.93. The lowest BCUT2D eigenvalue weighted by molar-refractivity contribution is 1.33. The Morgan fingerprint density at radius 2 is 1.11 bits per heavy atom. The molecule has 0 spiro atoms. The van der Waals surface area contributed by atoms with Gasteiger partial charge in [-0.05, 0) is 114 Å². The summed E-state index contributed by atoms with van der Waals surface area (Å²) in [7, 11) is 1.78. The standard InChI is InChI=1S/C43H32N2/c1-3-30(21-24-44-2)33-13-9-15-36(27-33)42-38-17-7-8-18-39(38)43(37-16-10-14-34(28-37)32-22-25-45-26-23-32)41-29-35(19-20-40(41)42)31-11-5-4-6-12-31/h3-29H,1H2,2H3/b30-21+,44-24-. The summed E-state index contributed by atoms with van der Waals surface area (Å²) in [5, 5.41) is 4.88. The van der Waals surface area contributed by atoms with E-state index < -0.39 is 0 Å². The van der Waals surface area contributed by atoms with Crippen LogP contribution in [0.4, 0.5) is 0 Å². The molecule has 1 aromatic heterocycles. The van der Waals surface area contributed by atoms with Crippen molar-refractivity contribution in [3.63, 3.8) is 0 Å². The molecule has 0 radical (unpaired) electrons. The average Bonchev–Trinajstić information content (AvgIpc) is 3.11. The van der Waals surface area contributed by atoms with Crippen molar-refractivity contribution in [3.8, 4) is 44.5 Å². The fourth-order valence-corrected chi connectivity index (χ4v) is 6.30. The molecule has 2 nitrogen and oxygen atoms in total. The Hall–Kier alpha value is -5.86. The first-order valence-electron chi connectivity index (χ1n) is 15.2. The third kappa shape index (κ3) is 5.39. The van der Waals surface area contributed by atoms with Gasteiger partial charge in [0, 0.05) is 25.7 Å². The van der Waals surface area contributed by atoms with Gasteiger partial charge < -0.3 is 0 Å². The van der Waals surface area contributed by atoms with Gasteiger partial charge in [-0.1, -0.05) is 116 Å². The molecule has 0 N–H and O–H groups in total. The maximum Gasteiger partial charge on any atom is 0.0277 e. The van der Waals surface area contributed by atoms with E-state index >= 15 is 0 Å². The van der Waals surface area contributed by atoms with Crippen molar-refractivity contribution >= 4 is 33.3 Å². The molecule has 0 bridgehead atoms. The highest BCUT2D eigenvalue weighted by Crippen LogP contribution is 2.45. The Morgan fingerprint density at radius 1 is 0.533 bits per heavy atom. The van der Waals surface area contributed by atoms with E-state index in [0.717, 1.165) is 16.7 Å². The van der Waals surface area contributed by atoms with E-state index in [1.807, 2.05) is 30.8 Å². The molecule has 0 fully saturated rings. The second-order valence-electron chi connectivity index (χ2n) is 11.1. The van der Waals surface area contributed by atoms with Crippen LogP contribution in [0.2, 0.25) is 0 Å². The third-order valence-corrected chi connectivity index (χ3v) is 8.40. The molecule has 7 rings (SSSR count). The van der Waals surface area contributed by atoms with Crippen molar-refractivity contribution in [3.05, 3.63) is 170 Å². The van der Waals surface area contributed by atoms with Crippen LogP contribution >= 0.6 is 0 Å². The Balaban J connectivity index is 1.56. The number of allylic oxidation sites excluding steroid dienone is 3. The normalized spacial score (nSPS) is 11.8. The maximum absolute atomic E-state index is 4.23. The number of fused-ring (bicyclic) bond motifs is 2. The summed E-state index contributed by atoms with van der Waals surface area (Å²) in [5.41, 5.74) is 11.7. The van der Waals surface area contributed by atoms with Crippen LogP contribution < -0.4 is 0 Å². The van der Waals surface area contributed by atoms with Crippen LogP contribution in [0, 0.1) is 0 Å². The SMILES string of the molecule is C=C/C(=C\C=N/C)c1cccc(-c2c3ccccc3c(-c3cccc(-c4ccncc4)c3)c3cc(-c4ccccc4)ccc23)c1. The highest BCUT2D eigenvalue weighted by atomic mass is 14.6. The fraction of sp³-hybridized carbons (Fsp3) is 0.0233. The highest BCUT2D eigenvalue weighted by molar-refractivity contribution is 6.22. The molecule has 0 aliphatic rings. The van der Waals surface area contributed by atoms with Crippen LogP contribution in [-0.4, -0.2) is 18.2 Å². The van der Waals surface area contributed by atoms with Crippen molar-refractivity contribution in [2.45, 2.75) is 0 Å². The van der Waals surface area contributed by atoms with Gasteiger partial charge in [0.2, 0.25) is 0 Å². The van der Waals surface area contributed by atoms with Gasteiger partial charge in [-0.15, -0.1) is 0 Å². The smallest absolute Gasteiger partial charge is 0.0277 e. The summed E-state index contributed by atoms with van der Waals surface area (Å²) >= 11 is 0. The topological polar surface area (TPSA) is 25.2 Å². The molecule has 214 valence electrons. The number of benzene rings is 6. The Labute approximate surface area is 264 Å². The number of hydrogen-bond acceptors (Lipinski definition) is 2. The van der Waals surface area contributed by atoms with Crippen molar-refractivity contribution < 1.29 is 0 Å². The molecule has 0 atom stereocenters. The Kier molecular flexibility index (Phi) is 7.70. The summed E-state index contributed by atoms with van der Waals surface area (Å²) in [6.45, 7) is 4.07. The Bertz CT molecular complexity index is 2220. The number of pyridine rings is 1. The zero-order valence-corrected chi connectivity index (χ0v) is 25.2. The molecule has 0 amide bonds. The Morgan fingerprint density at radius 3 is 1.84 bits per heavy atom. The maximum atomic E-state index is 4.23. The van der Waals surface area contributed by atoms with E-state index in [-0.39, 0.29) is 0 Å². The monoisotopic (exact) mass is 576 g/mol. The quantitative estimate of drug-likeness (QED) is 0.105. The number of rotatable bonds is 7. The molecule has 0 saturated heterocycles. The number of aromatic nitrogens is 1. The van der Waals surface area contributed by atoms with E-state index in [2.05, 4.69) is 150 Å². The lowest BCUT2D eigenvalue weighted by Gasteiger charge is -2.19. The van der Waals surface area contributed by atoms with E-state index in [0.29, 0.717) is 0 Å². The molecule has 0 saturated carbocycles. The summed E-state index contributed by atoms with van der Waals surface area (Å²) < 4.78 is 0. The van der Waals surface area contributed by atoms with Gasteiger partial charge in [-0.25, -0.2) is 0 Å². The minimum Gasteiger partial charge on any atom is -0.296 e. The fourth-order valence-electron chi connectivity index (χ4n) is 6.30. The van der Waals surface area contributed by atoms with Gasteiger partial charge >= 0.3 is 0 Å². The summed E-state index contributed by atoms with van der Waals surface area (Å²) in [4.78, 5) is 8.39. The van der Waals surface area contributed by atoms with Gasteiger partial charge in [0.05, 0.1) is 0 Å². The van der Waals surface area contributed by atoms with Crippen molar-refractivity contribution in [1.29, 1.82) is 0 Å². The molecule has 0 unspecified atom stereocenters. The van der Waals surface area contributed by atoms with Crippen LogP contribution in [0.25, 0.3) is 71.6 Å². The molecule has 0 aliphatic carbocycles. The van der Waals surface area contributed by atoms with Gasteiger partial charge in [0.1, 0.15) is 0 Å². The average molecular weight is 577 g/mol. The molecule has 7 aromatic rings. The van der Waals surface area contributed by atoms with Gasteiger partial charge in [-0.2, -0.15) is 0 Å². The molecule has 6 aromatic carbocycles. The largest absolute Gasteiger partial charge is 0.296 e. The first-order valence-corrected chi connectivity index (χ1v) is 15.2. The van der Waals surface area contributed by atoms with Crippen molar-refractivity contribution in [2.24, 2.45) is 4.99 Å². The molecular formula is C43H32N2. The minimum atomic E-state index is 1.03. The molecule has 2 heteroatoms. The minimum absolute atomic E-state index is 1.03. The third-order valence-electron chi connectivity index (χ3n) is 8.40. The zero-order valence-electron chi connectivity index (χ0n) is 25.2. The van der Waals surface area contributed by atoms with Crippen molar-refractivity contribution in [1.82, 2.24) is 4.98 Å². The molecule has 1 heterocycles. The van der Waals surface area contributed by atoms with E-state index in [1.165, 1.54) is 60.5 Å². The van der Waals surface area contributed by atoms with Gasteiger partial charge in [0.15, 0.2) is 0 Å². The predicted octanol–water partition coefficient (Wildman–Crippen LogP) is 11.3. The van der Waals surface area contributed by atoms with Crippen molar-refractivity contribution in [2.75, 3.05) is 7.05 Å². The van der Waals surface area contributed by atoms with E-state index in [4.69, 9.17) is 0 Å². The summed E-state index contributed by atoms with van der Waals surface area (Å²) in [6.07, 6.45) is 9.41. The molecule has 45 heavy (non-hydrogen) atoms. The van der Waals surface area contributed by atoms with E-state index in [1.54, 1.807) is 7.05 Å². The highest BCUT2D eigenvalue weighted by Gasteiger charge is 2.18. The number of nitrogens with zero attached hydrogens (tertiary/aromatic N) is 2. The molecule has 0 aliphatic heterocycles. The first kappa shape index (κ1) is 27.9. The number of aliphatic imine (C=N–C) groups is 1. The second kappa shape index (κ2) is 12.4. The van der Waals surface area contributed by atoms with Crippen LogP contribution in [0.15, 0.2) is 170 Å². The summed E-state index contributed by atoms with van der Waals surface area (Å²) in [6, 6.07) is 48.1. The number of hydrogen-bond donors (Lipinski definition) is 0.